The average Bonchev–Trinajstić information content (AvgIpc) is 3.35. The van der Waals surface area contributed by atoms with Crippen LogP contribution >= 0.6 is 0 Å². The predicted molar refractivity (Wildman–Crippen MR) is 99.0 cm³/mol. The highest BCUT2D eigenvalue weighted by molar-refractivity contribution is 5.96. The molecule has 1 unspecified atom stereocenters. The van der Waals surface area contributed by atoms with Gasteiger partial charge in [-0.15, -0.1) is 0 Å². The van der Waals surface area contributed by atoms with E-state index in [1.165, 1.54) is 0 Å². The Labute approximate surface area is 156 Å². The summed E-state index contributed by atoms with van der Waals surface area (Å²) in [5, 5.41) is 4.10. The van der Waals surface area contributed by atoms with Gasteiger partial charge >= 0.3 is 0 Å². The summed E-state index contributed by atoms with van der Waals surface area (Å²) in [6.07, 6.45) is 0.335. The molecule has 138 valence electrons. The maximum atomic E-state index is 12.5. The number of amides is 1. The highest BCUT2D eigenvalue weighted by atomic mass is 16.5. The SMILES string of the molecule is COc1cccc(N2CC(c3noc(-c4ccccc4OC)n3)CC2=O)c1. The van der Waals surface area contributed by atoms with Gasteiger partial charge in [-0.3, -0.25) is 4.79 Å². The normalized spacial score (nSPS) is 16.6. The number of para-hydroxylation sites is 1. The van der Waals surface area contributed by atoms with Gasteiger partial charge in [-0.2, -0.15) is 4.98 Å². The third-order valence-corrected chi connectivity index (χ3v) is 4.63. The summed E-state index contributed by atoms with van der Waals surface area (Å²) < 4.78 is 16.0. The van der Waals surface area contributed by atoms with Gasteiger partial charge in [0.2, 0.25) is 5.91 Å². The minimum absolute atomic E-state index is 0.0249. The van der Waals surface area contributed by atoms with Gasteiger partial charge in [-0.1, -0.05) is 23.4 Å². The van der Waals surface area contributed by atoms with Crippen molar-refractivity contribution in [3.05, 3.63) is 54.4 Å². The third kappa shape index (κ3) is 3.23. The van der Waals surface area contributed by atoms with Gasteiger partial charge in [0.05, 0.1) is 19.8 Å². The molecule has 1 aliphatic heterocycles. The highest BCUT2D eigenvalue weighted by Crippen LogP contribution is 2.34. The molecular weight excluding hydrogens is 346 g/mol. The number of methoxy groups -OCH3 is 2. The lowest BCUT2D eigenvalue weighted by molar-refractivity contribution is -0.117. The maximum Gasteiger partial charge on any atom is 0.261 e. The molecule has 1 aliphatic rings. The number of carbonyl (C=O) groups excluding carboxylic acids is 1. The van der Waals surface area contributed by atoms with E-state index in [1.807, 2.05) is 48.5 Å². The van der Waals surface area contributed by atoms with Crippen molar-refractivity contribution in [2.75, 3.05) is 25.7 Å². The molecular formula is C20H19N3O4. The van der Waals surface area contributed by atoms with Gasteiger partial charge in [0.15, 0.2) is 5.82 Å². The van der Waals surface area contributed by atoms with Crippen molar-refractivity contribution in [2.45, 2.75) is 12.3 Å². The summed E-state index contributed by atoms with van der Waals surface area (Å²) in [6, 6.07) is 14.9. The van der Waals surface area contributed by atoms with Crippen molar-refractivity contribution in [1.29, 1.82) is 0 Å². The largest absolute Gasteiger partial charge is 0.497 e. The molecule has 0 aliphatic carbocycles. The van der Waals surface area contributed by atoms with Crippen molar-refractivity contribution in [3.8, 4) is 23.0 Å². The van der Waals surface area contributed by atoms with Gasteiger partial charge in [0.1, 0.15) is 11.5 Å². The molecule has 1 aromatic heterocycles. The number of hydrogen-bond donors (Lipinski definition) is 0. The molecule has 2 heterocycles. The Morgan fingerprint density at radius 3 is 2.78 bits per heavy atom. The monoisotopic (exact) mass is 365 g/mol. The molecule has 1 amide bonds. The van der Waals surface area contributed by atoms with Crippen molar-refractivity contribution in [3.63, 3.8) is 0 Å². The van der Waals surface area contributed by atoms with E-state index in [9.17, 15) is 4.79 Å². The van der Waals surface area contributed by atoms with Crippen LogP contribution in [0.15, 0.2) is 53.1 Å². The van der Waals surface area contributed by atoms with Crippen molar-refractivity contribution in [1.82, 2.24) is 10.1 Å². The lowest BCUT2D eigenvalue weighted by atomic mass is 10.1. The van der Waals surface area contributed by atoms with E-state index in [-0.39, 0.29) is 11.8 Å². The first-order chi connectivity index (χ1) is 13.2. The Bertz CT molecular complexity index is 969. The van der Waals surface area contributed by atoms with E-state index >= 15 is 0 Å². The van der Waals surface area contributed by atoms with E-state index in [0.29, 0.717) is 36.2 Å². The topological polar surface area (TPSA) is 77.7 Å². The molecule has 3 aromatic rings. The fourth-order valence-electron chi connectivity index (χ4n) is 3.24. The molecule has 0 N–H and O–H groups in total. The molecule has 0 bridgehead atoms. The summed E-state index contributed by atoms with van der Waals surface area (Å²) in [7, 11) is 3.20. The van der Waals surface area contributed by atoms with E-state index in [2.05, 4.69) is 10.1 Å². The average molecular weight is 365 g/mol. The number of aromatic nitrogens is 2. The molecule has 2 aromatic carbocycles. The van der Waals surface area contributed by atoms with Crippen LogP contribution < -0.4 is 14.4 Å². The third-order valence-electron chi connectivity index (χ3n) is 4.63. The van der Waals surface area contributed by atoms with Crippen LogP contribution in [0.1, 0.15) is 18.2 Å². The molecule has 7 heteroatoms. The van der Waals surface area contributed by atoms with Gasteiger partial charge in [0.25, 0.3) is 5.89 Å². The van der Waals surface area contributed by atoms with Crippen LogP contribution in [-0.2, 0) is 4.79 Å². The van der Waals surface area contributed by atoms with Crippen molar-refractivity contribution < 1.29 is 18.8 Å². The molecule has 0 spiro atoms. The van der Waals surface area contributed by atoms with E-state index in [1.54, 1.807) is 19.1 Å². The summed E-state index contributed by atoms with van der Waals surface area (Å²) >= 11 is 0. The number of ether oxygens (including phenoxy) is 2. The van der Waals surface area contributed by atoms with Crippen LogP contribution in [0.5, 0.6) is 11.5 Å². The van der Waals surface area contributed by atoms with Crippen LogP contribution in [0.3, 0.4) is 0 Å². The van der Waals surface area contributed by atoms with E-state index < -0.39 is 0 Å². The molecule has 4 rings (SSSR count). The minimum atomic E-state index is -0.129. The van der Waals surface area contributed by atoms with Crippen LogP contribution in [-0.4, -0.2) is 36.8 Å². The van der Waals surface area contributed by atoms with Gasteiger partial charge in [-0.05, 0) is 24.3 Å². The second kappa shape index (κ2) is 7.11. The lowest BCUT2D eigenvalue weighted by Crippen LogP contribution is -2.24. The molecule has 1 fully saturated rings. The zero-order chi connectivity index (χ0) is 18.8. The standard InChI is InChI=1S/C20H19N3O4/c1-25-15-7-5-6-14(11-15)23-12-13(10-18(23)24)19-21-20(27-22-19)16-8-3-4-9-17(16)26-2/h3-9,11,13H,10,12H2,1-2H3. The Kier molecular flexibility index (Phi) is 4.50. The Morgan fingerprint density at radius 2 is 1.96 bits per heavy atom. The van der Waals surface area contributed by atoms with E-state index in [0.717, 1.165) is 11.3 Å². The van der Waals surface area contributed by atoms with Gasteiger partial charge in [-0.25, -0.2) is 0 Å². The quantitative estimate of drug-likeness (QED) is 0.691. The number of anilines is 1. The Balaban J connectivity index is 1.57. The fourth-order valence-corrected chi connectivity index (χ4v) is 3.24. The first-order valence-electron chi connectivity index (χ1n) is 8.61. The molecule has 0 saturated carbocycles. The van der Waals surface area contributed by atoms with Gasteiger partial charge in [0, 0.05) is 30.6 Å². The maximum absolute atomic E-state index is 12.5. The number of benzene rings is 2. The Hall–Kier alpha value is -3.35. The second-order valence-electron chi connectivity index (χ2n) is 6.26. The first-order valence-corrected chi connectivity index (χ1v) is 8.61. The van der Waals surface area contributed by atoms with Gasteiger partial charge < -0.3 is 18.9 Å². The first kappa shape index (κ1) is 17.1. The minimum Gasteiger partial charge on any atom is -0.497 e. The summed E-state index contributed by atoms with van der Waals surface area (Å²) in [5.74, 6) is 2.17. The summed E-state index contributed by atoms with van der Waals surface area (Å²) in [6.45, 7) is 0.497. The molecule has 7 nitrogen and oxygen atoms in total. The number of hydrogen-bond acceptors (Lipinski definition) is 6. The lowest BCUT2D eigenvalue weighted by Gasteiger charge is -2.16. The fraction of sp³-hybridized carbons (Fsp3) is 0.250. The van der Waals surface area contributed by atoms with Crippen LogP contribution in [0.2, 0.25) is 0 Å². The zero-order valence-electron chi connectivity index (χ0n) is 15.1. The summed E-state index contributed by atoms with van der Waals surface area (Å²) in [5.41, 5.74) is 1.53. The van der Waals surface area contributed by atoms with Crippen LogP contribution in [0.25, 0.3) is 11.5 Å². The second-order valence-corrected chi connectivity index (χ2v) is 6.26. The highest BCUT2D eigenvalue weighted by Gasteiger charge is 2.35. The molecule has 27 heavy (non-hydrogen) atoms. The van der Waals surface area contributed by atoms with Crippen molar-refractivity contribution in [2.24, 2.45) is 0 Å². The molecule has 1 saturated heterocycles. The molecule has 1 atom stereocenters. The number of rotatable bonds is 5. The van der Waals surface area contributed by atoms with Crippen molar-refractivity contribution >= 4 is 11.6 Å². The predicted octanol–water partition coefficient (Wildman–Crippen LogP) is 3.27. The van der Waals surface area contributed by atoms with E-state index in [4.69, 9.17) is 14.0 Å². The van der Waals surface area contributed by atoms with Crippen LogP contribution in [0, 0.1) is 0 Å². The summed E-state index contributed by atoms with van der Waals surface area (Å²) in [4.78, 5) is 18.7. The number of carbonyl (C=O) groups is 1. The van der Waals surface area contributed by atoms with Crippen LogP contribution in [0.4, 0.5) is 5.69 Å². The molecule has 0 radical (unpaired) electrons. The number of nitrogens with zero attached hydrogens (tertiary/aromatic N) is 3. The zero-order valence-corrected chi connectivity index (χ0v) is 15.1. The Morgan fingerprint density at radius 1 is 1.11 bits per heavy atom. The smallest absolute Gasteiger partial charge is 0.261 e.